The number of methoxy groups -OCH3 is 1. The molecule has 0 bridgehead atoms. The van der Waals surface area contributed by atoms with Gasteiger partial charge in [0, 0.05) is 9.37 Å². The summed E-state index contributed by atoms with van der Waals surface area (Å²) < 4.78 is 6.27. The van der Waals surface area contributed by atoms with Crippen molar-refractivity contribution in [3.05, 3.63) is 52.5 Å². The van der Waals surface area contributed by atoms with Gasteiger partial charge in [0.05, 0.1) is 17.6 Å². The van der Waals surface area contributed by atoms with Crippen LogP contribution in [0.4, 0.5) is 0 Å². The first kappa shape index (κ1) is 14.0. The van der Waals surface area contributed by atoms with Crippen molar-refractivity contribution in [2.45, 2.75) is 9.79 Å². The molecule has 0 spiro atoms. The minimum absolute atomic E-state index is 0.284. The molecule has 0 saturated heterocycles. The van der Waals surface area contributed by atoms with Crippen LogP contribution in [-0.4, -0.2) is 18.2 Å². The molecule has 1 N–H and O–H groups in total. The van der Waals surface area contributed by atoms with Gasteiger partial charge in [-0.05, 0) is 42.5 Å². The molecule has 2 aromatic carbocycles. The van der Waals surface area contributed by atoms with E-state index in [0.29, 0.717) is 0 Å². The molecule has 0 fully saturated rings. The van der Waals surface area contributed by atoms with E-state index in [2.05, 4.69) is 15.9 Å². The van der Waals surface area contributed by atoms with E-state index in [0.717, 1.165) is 20.0 Å². The van der Waals surface area contributed by atoms with Crippen LogP contribution in [0, 0.1) is 0 Å². The van der Waals surface area contributed by atoms with Crippen molar-refractivity contribution in [3.8, 4) is 5.75 Å². The van der Waals surface area contributed by atoms with Crippen molar-refractivity contribution in [2.24, 2.45) is 0 Å². The molecule has 0 aliphatic heterocycles. The van der Waals surface area contributed by atoms with Crippen LogP contribution in [0.1, 0.15) is 10.4 Å². The quantitative estimate of drug-likeness (QED) is 0.902. The fourth-order valence-electron chi connectivity index (χ4n) is 1.52. The highest BCUT2D eigenvalue weighted by Crippen LogP contribution is 2.36. The molecule has 0 amide bonds. The summed E-state index contributed by atoms with van der Waals surface area (Å²) >= 11 is 4.92. The van der Waals surface area contributed by atoms with Gasteiger partial charge in [-0.25, -0.2) is 4.79 Å². The van der Waals surface area contributed by atoms with Gasteiger partial charge in [-0.1, -0.05) is 27.7 Å². The smallest absolute Gasteiger partial charge is 0.335 e. The first-order valence-electron chi connectivity index (χ1n) is 5.45. The van der Waals surface area contributed by atoms with E-state index < -0.39 is 5.97 Å². The van der Waals surface area contributed by atoms with Crippen LogP contribution >= 0.6 is 27.7 Å². The molecule has 0 radical (unpaired) electrons. The summed E-state index contributed by atoms with van der Waals surface area (Å²) in [5.74, 6) is -0.139. The van der Waals surface area contributed by atoms with Crippen molar-refractivity contribution < 1.29 is 14.6 Å². The Labute approximate surface area is 123 Å². The molecule has 0 heterocycles. The fraction of sp³-hybridized carbons (Fsp3) is 0.0714. The van der Waals surface area contributed by atoms with E-state index in [4.69, 9.17) is 9.84 Å². The van der Waals surface area contributed by atoms with Crippen molar-refractivity contribution in [1.29, 1.82) is 0 Å². The number of ether oxygens (including phenoxy) is 1. The molecule has 0 saturated carbocycles. The third kappa shape index (κ3) is 3.52. The maximum Gasteiger partial charge on any atom is 0.335 e. The van der Waals surface area contributed by atoms with E-state index in [1.807, 2.05) is 18.2 Å². The maximum absolute atomic E-state index is 10.8. The number of benzene rings is 2. The number of hydrogen-bond acceptors (Lipinski definition) is 3. The van der Waals surface area contributed by atoms with E-state index >= 15 is 0 Å². The van der Waals surface area contributed by atoms with E-state index in [9.17, 15) is 4.79 Å². The Morgan fingerprint density at radius 2 is 1.89 bits per heavy atom. The zero-order valence-electron chi connectivity index (χ0n) is 10.1. The number of carboxylic acid groups (broad SMARTS) is 1. The van der Waals surface area contributed by atoms with E-state index in [1.54, 1.807) is 31.4 Å². The molecule has 5 heteroatoms. The van der Waals surface area contributed by atoms with Crippen LogP contribution in [-0.2, 0) is 0 Å². The lowest BCUT2D eigenvalue weighted by Crippen LogP contribution is -1.94. The fourth-order valence-corrected chi connectivity index (χ4v) is 2.76. The van der Waals surface area contributed by atoms with Crippen LogP contribution < -0.4 is 4.74 Å². The number of halogens is 1. The lowest BCUT2D eigenvalue weighted by Gasteiger charge is -2.08. The molecule has 0 unspecified atom stereocenters. The SMILES string of the molecule is COc1cc(Br)ccc1Sc1ccc(C(=O)O)cc1. The van der Waals surface area contributed by atoms with Crippen LogP contribution in [0.25, 0.3) is 0 Å². The molecular formula is C14H11BrO3S. The van der Waals surface area contributed by atoms with Gasteiger partial charge in [0.25, 0.3) is 0 Å². The zero-order chi connectivity index (χ0) is 13.8. The van der Waals surface area contributed by atoms with Gasteiger partial charge in [0.15, 0.2) is 0 Å². The normalized spacial score (nSPS) is 10.2. The Morgan fingerprint density at radius 1 is 1.21 bits per heavy atom. The van der Waals surface area contributed by atoms with Gasteiger partial charge < -0.3 is 9.84 Å². The molecule has 0 aliphatic rings. The minimum atomic E-state index is -0.919. The Kier molecular flexibility index (Phi) is 4.50. The van der Waals surface area contributed by atoms with Gasteiger partial charge in [-0.2, -0.15) is 0 Å². The van der Waals surface area contributed by atoms with Gasteiger partial charge >= 0.3 is 5.97 Å². The Hall–Kier alpha value is -1.46. The summed E-state index contributed by atoms with van der Waals surface area (Å²) in [7, 11) is 1.62. The van der Waals surface area contributed by atoms with Crippen molar-refractivity contribution in [3.63, 3.8) is 0 Å². The summed E-state index contributed by atoms with van der Waals surface area (Å²) in [6.45, 7) is 0. The third-order valence-electron chi connectivity index (χ3n) is 2.45. The molecule has 3 nitrogen and oxygen atoms in total. The number of hydrogen-bond donors (Lipinski definition) is 1. The molecular weight excluding hydrogens is 328 g/mol. The van der Waals surface area contributed by atoms with E-state index in [1.165, 1.54) is 11.8 Å². The second-order valence-electron chi connectivity index (χ2n) is 3.73. The van der Waals surface area contributed by atoms with Gasteiger partial charge in [-0.15, -0.1) is 0 Å². The first-order valence-corrected chi connectivity index (χ1v) is 7.06. The number of rotatable bonds is 4. The standard InChI is InChI=1S/C14H11BrO3S/c1-18-12-8-10(15)4-7-13(12)19-11-5-2-9(3-6-11)14(16)17/h2-8H,1H3,(H,16,17). The summed E-state index contributed by atoms with van der Waals surface area (Å²) in [5, 5.41) is 8.85. The molecule has 19 heavy (non-hydrogen) atoms. The second kappa shape index (κ2) is 6.12. The number of carbonyl (C=O) groups is 1. The van der Waals surface area contributed by atoms with Crippen LogP contribution in [0.2, 0.25) is 0 Å². The summed E-state index contributed by atoms with van der Waals surface area (Å²) in [4.78, 5) is 12.7. The van der Waals surface area contributed by atoms with E-state index in [-0.39, 0.29) is 5.56 Å². The molecule has 2 aromatic rings. The number of carboxylic acids is 1. The predicted molar refractivity (Wildman–Crippen MR) is 78.2 cm³/mol. The average molecular weight is 339 g/mol. The zero-order valence-corrected chi connectivity index (χ0v) is 12.5. The van der Waals surface area contributed by atoms with Crippen molar-refractivity contribution >= 4 is 33.7 Å². The summed E-state index contributed by atoms with van der Waals surface area (Å²) in [6, 6.07) is 12.6. The van der Waals surface area contributed by atoms with Crippen LogP contribution in [0.5, 0.6) is 5.75 Å². The second-order valence-corrected chi connectivity index (χ2v) is 5.76. The average Bonchev–Trinajstić information content (AvgIpc) is 2.41. The van der Waals surface area contributed by atoms with Gasteiger partial charge in [0.2, 0.25) is 0 Å². The van der Waals surface area contributed by atoms with Crippen LogP contribution in [0.15, 0.2) is 56.7 Å². The summed E-state index contributed by atoms with van der Waals surface area (Å²) in [5.41, 5.74) is 0.284. The minimum Gasteiger partial charge on any atom is -0.496 e. The van der Waals surface area contributed by atoms with Gasteiger partial charge in [-0.3, -0.25) is 0 Å². The summed E-state index contributed by atoms with van der Waals surface area (Å²) in [6.07, 6.45) is 0. The number of aromatic carboxylic acids is 1. The van der Waals surface area contributed by atoms with Gasteiger partial charge in [0.1, 0.15) is 5.75 Å². The Balaban J connectivity index is 2.23. The maximum atomic E-state index is 10.8. The highest BCUT2D eigenvalue weighted by atomic mass is 79.9. The molecule has 0 aliphatic carbocycles. The van der Waals surface area contributed by atoms with Crippen molar-refractivity contribution in [1.82, 2.24) is 0 Å². The molecule has 98 valence electrons. The lowest BCUT2D eigenvalue weighted by molar-refractivity contribution is 0.0697. The monoisotopic (exact) mass is 338 g/mol. The molecule has 0 aromatic heterocycles. The Bertz CT molecular complexity index is 596. The predicted octanol–water partition coefficient (Wildman–Crippen LogP) is 4.31. The molecule has 2 rings (SSSR count). The van der Waals surface area contributed by atoms with Crippen molar-refractivity contribution in [2.75, 3.05) is 7.11 Å². The van der Waals surface area contributed by atoms with Crippen LogP contribution in [0.3, 0.4) is 0 Å². The highest BCUT2D eigenvalue weighted by Gasteiger charge is 2.07. The Morgan fingerprint density at radius 3 is 2.47 bits per heavy atom. The lowest BCUT2D eigenvalue weighted by atomic mass is 10.2. The first-order chi connectivity index (χ1) is 9.10. The third-order valence-corrected chi connectivity index (χ3v) is 4.01. The molecule has 0 atom stereocenters. The largest absolute Gasteiger partial charge is 0.496 e. The highest BCUT2D eigenvalue weighted by molar-refractivity contribution is 9.10. The topological polar surface area (TPSA) is 46.5 Å².